The van der Waals surface area contributed by atoms with Crippen LogP contribution in [0.2, 0.25) is 0 Å². The number of aromatic amines is 1. The van der Waals surface area contributed by atoms with Gasteiger partial charge in [0.05, 0.1) is 0 Å². The van der Waals surface area contributed by atoms with E-state index in [9.17, 15) is 4.79 Å². The molecule has 0 fully saturated rings. The van der Waals surface area contributed by atoms with Crippen molar-refractivity contribution < 1.29 is 9.53 Å². The van der Waals surface area contributed by atoms with Gasteiger partial charge in [-0.05, 0) is 54.2 Å². The Labute approximate surface area is 118 Å². The van der Waals surface area contributed by atoms with E-state index in [1.165, 1.54) is 17.5 Å². The van der Waals surface area contributed by atoms with Crippen LogP contribution in [-0.4, -0.2) is 17.5 Å². The Balaban J connectivity index is 1.48. The number of H-pyrrole nitrogens is 1. The molecule has 0 radical (unpaired) electrons. The van der Waals surface area contributed by atoms with E-state index in [1.807, 2.05) is 24.5 Å². The molecule has 3 rings (SSSR count). The van der Waals surface area contributed by atoms with Gasteiger partial charge in [-0.25, -0.2) is 0 Å². The fourth-order valence-corrected chi connectivity index (χ4v) is 2.51. The fourth-order valence-electron chi connectivity index (χ4n) is 2.51. The molecule has 0 unspecified atom stereocenters. The summed E-state index contributed by atoms with van der Waals surface area (Å²) >= 11 is 0. The van der Waals surface area contributed by atoms with Crippen molar-refractivity contribution in [3.8, 4) is 5.75 Å². The molecule has 0 atom stereocenters. The largest absolute Gasteiger partial charge is 0.484 e. The molecule has 0 bridgehead atoms. The Morgan fingerprint density at radius 2 is 2.15 bits per heavy atom. The van der Waals surface area contributed by atoms with E-state index in [1.54, 1.807) is 0 Å². The predicted molar refractivity (Wildman–Crippen MR) is 76.6 cm³/mol. The Morgan fingerprint density at radius 1 is 1.25 bits per heavy atom. The lowest BCUT2D eigenvalue weighted by atomic mass is 10.1. The molecule has 4 heteroatoms. The third kappa shape index (κ3) is 3.02. The highest BCUT2D eigenvalue weighted by atomic mass is 16.5. The summed E-state index contributed by atoms with van der Waals surface area (Å²) in [4.78, 5) is 14.7. The number of nitrogens with one attached hydrogen (secondary N) is 2. The molecular weight excluding hydrogens is 252 g/mol. The first-order valence-electron chi connectivity index (χ1n) is 6.94. The third-order valence-corrected chi connectivity index (χ3v) is 3.59. The molecule has 1 amide bonds. The molecule has 2 aromatic rings. The highest BCUT2D eigenvalue weighted by molar-refractivity contribution is 5.77. The summed E-state index contributed by atoms with van der Waals surface area (Å²) in [5.74, 6) is 0.675. The van der Waals surface area contributed by atoms with Crippen LogP contribution < -0.4 is 10.1 Å². The molecule has 20 heavy (non-hydrogen) atoms. The summed E-state index contributed by atoms with van der Waals surface area (Å²) in [6.45, 7) is 0.582. The molecule has 0 spiro atoms. The monoisotopic (exact) mass is 270 g/mol. The van der Waals surface area contributed by atoms with Crippen LogP contribution in [0, 0.1) is 0 Å². The zero-order valence-electron chi connectivity index (χ0n) is 11.3. The molecule has 1 aromatic heterocycles. The van der Waals surface area contributed by atoms with Crippen LogP contribution in [0.3, 0.4) is 0 Å². The number of hydrogen-bond donors (Lipinski definition) is 2. The second-order valence-electron chi connectivity index (χ2n) is 5.07. The van der Waals surface area contributed by atoms with Crippen LogP contribution in [0.1, 0.15) is 23.1 Å². The SMILES string of the molecule is O=C(COc1ccc2c(c1)CCC2)NCc1cc[nH]c1. The van der Waals surface area contributed by atoms with Gasteiger partial charge in [0.25, 0.3) is 5.91 Å². The zero-order valence-corrected chi connectivity index (χ0v) is 11.3. The van der Waals surface area contributed by atoms with Crippen molar-refractivity contribution in [3.05, 3.63) is 53.3 Å². The Hall–Kier alpha value is -2.23. The molecule has 1 heterocycles. The van der Waals surface area contributed by atoms with Gasteiger partial charge in [0.1, 0.15) is 5.75 Å². The average Bonchev–Trinajstić information content (AvgIpc) is 3.13. The summed E-state index contributed by atoms with van der Waals surface area (Å²) in [5, 5.41) is 2.82. The Kier molecular flexibility index (Phi) is 3.72. The van der Waals surface area contributed by atoms with Crippen molar-refractivity contribution >= 4 is 5.91 Å². The smallest absolute Gasteiger partial charge is 0.258 e. The van der Waals surface area contributed by atoms with Gasteiger partial charge in [0.15, 0.2) is 6.61 Å². The van der Waals surface area contributed by atoms with Crippen molar-refractivity contribution in [1.82, 2.24) is 10.3 Å². The summed E-state index contributed by atoms with van der Waals surface area (Å²) < 4.78 is 5.54. The fraction of sp³-hybridized carbons (Fsp3) is 0.312. The number of ether oxygens (including phenoxy) is 1. The van der Waals surface area contributed by atoms with E-state index in [0.29, 0.717) is 6.54 Å². The number of aryl methyl sites for hydroxylation is 2. The van der Waals surface area contributed by atoms with Crippen LogP contribution in [-0.2, 0) is 24.2 Å². The summed E-state index contributed by atoms with van der Waals surface area (Å²) in [6.07, 6.45) is 7.19. The first-order chi connectivity index (χ1) is 9.81. The number of benzene rings is 1. The number of carbonyl (C=O) groups excluding carboxylic acids is 1. The van der Waals surface area contributed by atoms with Crippen LogP contribution in [0.4, 0.5) is 0 Å². The Bertz CT molecular complexity index is 591. The minimum absolute atomic E-state index is 0.0587. The van der Waals surface area contributed by atoms with E-state index in [0.717, 1.165) is 24.2 Å². The molecule has 1 aromatic carbocycles. The normalized spacial score (nSPS) is 13.0. The minimum Gasteiger partial charge on any atom is -0.484 e. The van der Waals surface area contributed by atoms with E-state index in [-0.39, 0.29) is 12.5 Å². The van der Waals surface area contributed by atoms with Crippen molar-refractivity contribution in [2.45, 2.75) is 25.8 Å². The molecule has 1 aliphatic rings. The van der Waals surface area contributed by atoms with Crippen molar-refractivity contribution in [2.75, 3.05) is 6.61 Å². The number of amides is 1. The lowest BCUT2D eigenvalue weighted by Crippen LogP contribution is -2.28. The van der Waals surface area contributed by atoms with Crippen LogP contribution in [0.15, 0.2) is 36.7 Å². The maximum absolute atomic E-state index is 11.7. The van der Waals surface area contributed by atoms with Gasteiger partial charge in [-0.3, -0.25) is 4.79 Å². The first kappa shape index (κ1) is 12.8. The second kappa shape index (κ2) is 5.82. The van der Waals surface area contributed by atoms with E-state index in [4.69, 9.17) is 4.74 Å². The Morgan fingerprint density at radius 3 is 3.00 bits per heavy atom. The first-order valence-corrected chi connectivity index (χ1v) is 6.94. The van der Waals surface area contributed by atoms with Crippen LogP contribution in [0.25, 0.3) is 0 Å². The lowest BCUT2D eigenvalue weighted by Gasteiger charge is -2.08. The number of fused-ring (bicyclic) bond motifs is 1. The van der Waals surface area contributed by atoms with Gasteiger partial charge < -0.3 is 15.0 Å². The maximum Gasteiger partial charge on any atom is 0.258 e. The van der Waals surface area contributed by atoms with Crippen LogP contribution >= 0.6 is 0 Å². The second-order valence-corrected chi connectivity index (χ2v) is 5.07. The molecule has 1 aliphatic carbocycles. The summed E-state index contributed by atoms with van der Waals surface area (Å²) in [5.41, 5.74) is 3.82. The van der Waals surface area contributed by atoms with Crippen molar-refractivity contribution in [2.24, 2.45) is 0 Å². The molecule has 0 aliphatic heterocycles. The number of rotatable bonds is 5. The highest BCUT2D eigenvalue weighted by Gasteiger charge is 2.11. The summed E-state index contributed by atoms with van der Waals surface area (Å²) in [7, 11) is 0. The molecule has 0 saturated heterocycles. The summed E-state index contributed by atoms with van der Waals surface area (Å²) in [6, 6.07) is 8.04. The molecule has 2 N–H and O–H groups in total. The number of hydrogen-bond acceptors (Lipinski definition) is 2. The van der Waals surface area contributed by atoms with E-state index < -0.39 is 0 Å². The quantitative estimate of drug-likeness (QED) is 0.875. The van der Waals surface area contributed by atoms with Gasteiger partial charge >= 0.3 is 0 Å². The minimum atomic E-state index is -0.105. The van der Waals surface area contributed by atoms with Gasteiger partial charge in [0.2, 0.25) is 0 Å². The molecule has 0 saturated carbocycles. The predicted octanol–water partition coefficient (Wildman–Crippen LogP) is 2.20. The molecule has 104 valence electrons. The highest BCUT2D eigenvalue weighted by Crippen LogP contribution is 2.25. The van der Waals surface area contributed by atoms with Gasteiger partial charge in [-0.15, -0.1) is 0 Å². The lowest BCUT2D eigenvalue weighted by molar-refractivity contribution is -0.123. The van der Waals surface area contributed by atoms with E-state index in [2.05, 4.69) is 22.4 Å². The maximum atomic E-state index is 11.7. The topological polar surface area (TPSA) is 54.1 Å². The molecular formula is C16H18N2O2. The van der Waals surface area contributed by atoms with Crippen molar-refractivity contribution in [3.63, 3.8) is 0 Å². The van der Waals surface area contributed by atoms with Gasteiger partial charge in [-0.2, -0.15) is 0 Å². The van der Waals surface area contributed by atoms with Gasteiger partial charge in [0, 0.05) is 18.9 Å². The van der Waals surface area contributed by atoms with Crippen LogP contribution in [0.5, 0.6) is 5.75 Å². The standard InChI is InChI=1S/C16H18N2O2/c19-16(18-10-12-6-7-17-9-12)11-20-15-5-4-13-2-1-3-14(13)8-15/h4-9,17H,1-3,10-11H2,(H,18,19). The number of carbonyl (C=O) groups is 1. The zero-order chi connectivity index (χ0) is 13.8. The van der Waals surface area contributed by atoms with Gasteiger partial charge in [-0.1, -0.05) is 6.07 Å². The number of aromatic nitrogens is 1. The molecule has 4 nitrogen and oxygen atoms in total. The average molecular weight is 270 g/mol. The van der Waals surface area contributed by atoms with E-state index >= 15 is 0 Å². The van der Waals surface area contributed by atoms with Crippen molar-refractivity contribution in [1.29, 1.82) is 0 Å². The third-order valence-electron chi connectivity index (χ3n) is 3.59.